The Bertz CT molecular complexity index is 1030. The summed E-state index contributed by atoms with van der Waals surface area (Å²) < 4.78 is 42.7. The van der Waals surface area contributed by atoms with Gasteiger partial charge in [0.15, 0.2) is 0 Å². The molecule has 0 spiro atoms. The molecule has 27 heavy (non-hydrogen) atoms. The molecule has 0 saturated carbocycles. The normalized spacial score (nSPS) is 11.4. The molecule has 0 aliphatic carbocycles. The monoisotopic (exact) mass is 389 g/mol. The molecule has 0 unspecified atom stereocenters. The molecule has 9 heteroatoms. The van der Waals surface area contributed by atoms with E-state index in [0.29, 0.717) is 17.3 Å². The van der Waals surface area contributed by atoms with E-state index in [0.717, 1.165) is 11.1 Å². The molecule has 1 N–H and O–H groups in total. The van der Waals surface area contributed by atoms with Crippen molar-refractivity contribution in [2.45, 2.75) is 18.4 Å². The number of sulfonamides is 1. The second-order valence-corrected chi connectivity index (χ2v) is 7.46. The number of rotatable bonds is 7. The van der Waals surface area contributed by atoms with Gasteiger partial charge in [-0.15, -0.1) is 0 Å². The van der Waals surface area contributed by atoms with Gasteiger partial charge in [-0.05, 0) is 55.0 Å². The number of hydrogen-bond acceptors (Lipinski definition) is 7. The number of methoxy groups -OCH3 is 2. The van der Waals surface area contributed by atoms with Gasteiger partial charge in [-0.1, -0.05) is 5.16 Å². The molecule has 8 nitrogen and oxygen atoms in total. The second-order valence-electron chi connectivity index (χ2n) is 5.70. The quantitative estimate of drug-likeness (QED) is 0.662. The van der Waals surface area contributed by atoms with Crippen LogP contribution in [0.3, 0.4) is 0 Å². The van der Waals surface area contributed by atoms with Gasteiger partial charge in [0.2, 0.25) is 21.7 Å². The molecule has 142 valence electrons. The molecule has 0 atom stereocenters. The van der Waals surface area contributed by atoms with Gasteiger partial charge in [0.05, 0.1) is 25.7 Å². The zero-order chi connectivity index (χ0) is 19.4. The molecule has 2 aromatic carbocycles. The lowest BCUT2D eigenvalue weighted by Gasteiger charge is -2.08. The van der Waals surface area contributed by atoms with Gasteiger partial charge in [-0.3, -0.25) is 0 Å². The van der Waals surface area contributed by atoms with Crippen molar-refractivity contribution in [1.29, 1.82) is 0 Å². The van der Waals surface area contributed by atoms with Crippen LogP contribution in [0.25, 0.3) is 11.4 Å². The first kappa shape index (κ1) is 18.9. The van der Waals surface area contributed by atoms with Crippen molar-refractivity contribution in [2.24, 2.45) is 0 Å². The highest BCUT2D eigenvalue weighted by Gasteiger charge is 2.17. The molecule has 0 saturated heterocycles. The molecule has 1 aromatic heterocycles. The van der Waals surface area contributed by atoms with Crippen molar-refractivity contribution in [1.82, 2.24) is 14.9 Å². The minimum absolute atomic E-state index is 0.115. The summed E-state index contributed by atoms with van der Waals surface area (Å²) in [5.41, 5.74) is 1.46. The Morgan fingerprint density at radius 1 is 1.07 bits per heavy atom. The van der Waals surface area contributed by atoms with Crippen LogP contribution in [0.2, 0.25) is 0 Å². The average Bonchev–Trinajstić information content (AvgIpc) is 3.15. The summed E-state index contributed by atoms with van der Waals surface area (Å²) in [4.78, 5) is 4.35. The van der Waals surface area contributed by atoms with Crippen molar-refractivity contribution in [3.63, 3.8) is 0 Å². The Balaban J connectivity index is 1.71. The molecule has 0 fully saturated rings. The summed E-state index contributed by atoms with van der Waals surface area (Å²) in [6.45, 7) is 1.66. The smallest absolute Gasteiger partial charge is 0.242 e. The maximum Gasteiger partial charge on any atom is 0.242 e. The molecule has 0 amide bonds. The molecule has 1 heterocycles. The third kappa shape index (κ3) is 4.26. The minimum Gasteiger partial charge on any atom is -0.497 e. The Hall–Kier alpha value is -2.91. The lowest BCUT2D eigenvalue weighted by Crippen LogP contribution is -2.23. The number of aromatic nitrogens is 2. The zero-order valence-corrected chi connectivity index (χ0v) is 15.9. The van der Waals surface area contributed by atoms with E-state index in [4.69, 9.17) is 14.0 Å². The molecule has 3 aromatic rings. The van der Waals surface area contributed by atoms with Crippen LogP contribution < -0.4 is 14.2 Å². The first-order chi connectivity index (χ1) is 12.9. The highest BCUT2D eigenvalue weighted by Crippen LogP contribution is 2.22. The molecular formula is C18H19N3O5S. The van der Waals surface area contributed by atoms with Crippen LogP contribution in [0.5, 0.6) is 11.5 Å². The van der Waals surface area contributed by atoms with E-state index in [1.54, 1.807) is 44.4 Å². The van der Waals surface area contributed by atoms with Gasteiger partial charge in [-0.25, -0.2) is 13.1 Å². The fraction of sp³-hybridized carbons (Fsp3) is 0.222. The maximum absolute atomic E-state index is 12.4. The Morgan fingerprint density at radius 3 is 2.44 bits per heavy atom. The lowest BCUT2D eigenvalue weighted by atomic mass is 10.2. The topological polar surface area (TPSA) is 104 Å². The van der Waals surface area contributed by atoms with Gasteiger partial charge in [0, 0.05) is 5.56 Å². The highest BCUT2D eigenvalue weighted by atomic mass is 32.2. The fourth-order valence-corrected chi connectivity index (χ4v) is 3.50. The number of benzene rings is 2. The van der Waals surface area contributed by atoms with Crippen LogP contribution in [0.4, 0.5) is 0 Å². The molecule has 3 rings (SSSR count). The summed E-state index contributed by atoms with van der Waals surface area (Å²) >= 11 is 0. The van der Waals surface area contributed by atoms with Gasteiger partial charge in [0.1, 0.15) is 11.5 Å². The highest BCUT2D eigenvalue weighted by molar-refractivity contribution is 7.89. The van der Waals surface area contributed by atoms with Gasteiger partial charge in [-0.2, -0.15) is 4.98 Å². The number of aryl methyl sites for hydroxylation is 1. The number of nitrogens with zero attached hydrogens (tertiary/aromatic N) is 2. The van der Waals surface area contributed by atoms with E-state index >= 15 is 0 Å². The first-order valence-corrected chi connectivity index (χ1v) is 9.52. The fourth-order valence-electron chi connectivity index (χ4n) is 2.44. The molecular weight excluding hydrogens is 370 g/mol. The van der Waals surface area contributed by atoms with E-state index in [1.807, 2.05) is 0 Å². The van der Waals surface area contributed by atoms with Gasteiger partial charge < -0.3 is 14.0 Å². The Kier molecular flexibility index (Phi) is 5.43. The van der Waals surface area contributed by atoms with Crippen LogP contribution in [-0.2, 0) is 16.6 Å². The third-order valence-corrected chi connectivity index (χ3v) is 5.31. The van der Waals surface area contributed by atoms with Crippen LogP contribution in [0.15, 0.2) is 51.9 Å². The van der Waals surface area contributed by atoms with Crippen molar-refractivity contribution in [2.75, 3.05) is 14.2 Å². The van der Waals surface area contributed by atoms with Crippen LogP contribution >= 0.6 is 0 Å². The van der Waals surface area contributed by atoms with E-state index in [2.05, 4.69) is 14.9 Å². The standard InChI is InChI=1S/C18H19N3O5S/c1-12-10-15(8-9-16(12)25-3)27(22,23)19-11-17-20-18(21-26-17)13-4-6-14(24-2)7-5-13/h4-10,19H,11H2,1-3H3. The second kappa shape index (κ2) is 7.77. The van der Waals surface area contributed by atoms with E-state index in [9.17, 15) is 8.42 Å². The molecule has 0 aliphatic rings. The van der Waals surface area contributed by atoms with Crippen molar-refractivity contribution in [3.8, 4) is 22.9 Å². The number of nitrogens with one attached hydrogen (secondary N) is 1. The summed E-state index contributed by atoms with van der Waals surface area (Å²) in [7, 11) is -0.606. The molecule has 0 bridgehead atoms. The average molecular weight is 389 g/mol. The summed E-state index contributed by atoms with van der Waals surface area (Å²) in [6, 6.07) is 11.8. The summed E-state index contributed by atoms with van der Waals surface area (Å²) in [6.07, 6.45) is 0. The van der Waals surface area contributed by atoms with Crippen LogP contribution in [0.1, 0.15) is 11.5 Å². The predicted molar refractivity (Wildman–Crippen MR) is 98.0 cm³/mol. The summed E-state index contributed by atoms with van der Waals surface area (Å²) in [5, 5.41) is 3.87. The van der Waals surface area contributed by atoms with E-state index in [1.165, 1.54) is 19.2 Å². The van der Waals surface area contributed by atoms with Crippen molar-refractivity contribution >= 4 is 10.0 Å². The predicted octanol–water partition coefficient (Wildman–Crippen LogP) is 2.54. The summed E-state index contributed by atoms with van der Waals surface area (Å²) in [5.74, 6) is 1.86. The van der Waals surface area contributed by atoms with E-state index in [-0.39, 0.29) is 17.3 Å². The van der Waals surface area contributed by atoms with Crippen LogP contribution in [-0.4, -0.2) is 32.8 Å². The van der Waals surface area contributed by atoms with Crippen molar-refractivity contribution in [3.05, 3.63) is 53.9 Å². The Morgan fingerprint density at radius 2 is 1.81 bits per heavy atom. The maximum atomic E-state index is 12.4. The molecule has 0 radical (unpaired) electrons. The lowest BCUT2D eigenvalue weighted by molar-refractivity contribution is 0.376. The number of ether oxygens (including phenoxy) is 2. The Labute approximate surface area is 157 Å². The third-order valence-electron chi connectivity index (χ3n) is 3.91. The number of hydrogen-bond donors (Lipinski definition) is 1. The first-order valence-electron chi connectivity index (χ1n) is 8.04. The minimum atomic E-state index is -3.72. The van der Waals surface area contributed by atoms with Crippen molar-refractivity contribution < 1.29 is 22.4 Å². The SMILES string of the molecule is COc1ccc(-c2noc(CNS(=O)(=O)c3ccc(OC)c(C)c3)n2)cc1. The molecule has 0 aliphatic heterocycles. The van der Waals surface area contributed by atoms with Gasteiger partial charge in [0.25, 0.3) is 0 Å². The zero-order valence-electron chi connectivity index (χ0n) is 15.1. The van der Waals surface area contributed by atoms with Gasteiger partial charge >= 0.3 is 0 Å². The van der Waals surface area contributed by atoms with Crippen LogP contribution in [0, 0.1) is 6.92 Å². The largest absolute Gasteiger partial charge is 0.497 e. The van der Waals surface area contributed by atoms with E-state index < -0.39 is 10.0 Å².